The number of carbonyl (C=O) groups excluding carboxylic acids is 1. The zero-order chi connectivity index (χ0) is 11.1. The smallest absolute Gasteiger partial charge is 0.405 e. The first-order chi connectivity index (χ1) is 6.43. The van der Waals surface area contributed by atoms with E-state index in [0.29, 0.717) is 6.54 Å². The number of nitrogens with zero attached hydrogens (tertiary/aromatic N) is 2. The van der Waals surface area contributed by atoms with Crippen molar-refractivity contribution in [1.82, 2.24) is 15.1 Å². The van der Waals surface area contributed by atoms with Crippen LogP contribution in [0.1, 0.15) is 0 Å². The molecule has 14 heavy (non-hydrogen) atoms. The number of rotatable bonds is 5. The first-order valence-electron chi connectivity index (χ1n) is 4.29. The molecule has 0 saturated heterocycles. The number of hydrogen-bond donors (Lipinski definition) is 2. The van der Waals surface area contributed by atoms with Crippen molar-refractivity contribution >= 4 is 12.0 Å². The quantitative estimate of drug-likeness (QED) is 0.618. The van der Waals surface area contributed by atoms with Crippen LogP contribution in [-0.4, -0.2) is 67.7 Å². The summed E-state index contributed by atoms with van der Waals surface area (Å²) in [5.41, 5.74) is 0. The van der Waals surface area contributed by atoms with Crippen LogP contribution < -0.4 is 5.32 Å². The van der Waals surface area contributed by atoms with Crippen molar-refractivity contribution in [3.63, 3.8) is 0 Å². The van der Waals surface area contributed by atoms with Gasteiger partial charge in [-0.15, -0.1) is 0 Å². The molecule has 0 atom stereocenters. The van der Waals surface area contributed by atoms with Crippen LogP contribution in [0.2, 0.25) is 0 Å². The molecule has 0 spiro atoms. The van der Waals surface area contributed by atoms with Crippen molar-refractivity contribution in [3.05, 3.63) is 0 Å². The summed E-state index contributed by atoms with van der Waals surface area (Å²) >= 11 is 0. The standard InChI is InChI=1S/C8H17N3O3/c1-10(2)4-5-11(3)7(12)6-9-8(13)14/h9H,4-6H2,1-3H3,(H,13,14). The summed E-state index contributed by atoms with van der Waals surface area (Å²) < 4.78 is 0. The van der Waals surface area contributed by atoms with E-state index < -0.39 is 6.09 Å². The van der Waals surface area contributed by atoms with E-state index in [4.69, 9.17) is 5.11 Å². The van der Waals surface area contributed by atoms with Gasteiger partial charge in [-0.05, 0) is 14.1 Å². The molecule has 0 heterocycles. The lowest BCUT2D eigenvalue weighted by atomic mass is 10.4. The van der Waals surface area contributed by atoms with Crippen LogP contribution >= 0.6 is 0 Å². The number of nitrogens with one attached hydrogen (secondary N) is 1. The Morgan fingerprint density at radius 3 is 2.21 bits per heavy atom. The Morgan fingerprint density at radius 1 is 1.21 bits per heavy atom. The van der Waals surface area contributed by atoms with Gasteiger partial charge in [0.05, 0.1) is 0 Å². The molecule has 2 N–H and O–H groups in total. The van der Waals surface area contributed by atoms with Crippen molar-refractivity contribution in [1.29, 1.82) is 0 Å². The summed E-state index contributed by atoms with van der Waals surface area (Å²) in [5, 5.41) is 10.3. The van der Waals surface area contributed by atoms with Gasteiger partial charge in [-0.25, -0.2) is 4.79 Å². The Kier molecular flexibility index (Phi) is 5.62. The highest BCUT2D eigenvalue weighted by atomic mass is 16.4. The lowest BCUT2D eigenvalue weighted by molar-refractivity contribution is -0.128. The maximum Gasteiger partial charge on any atom is 0.405 e. The number of carboxylic acid groups (broad SMARTS) is 1. The van der Waals surface area contributed by atoms with Crippen molar-refractivity contribution < 1.29 is 14.7 Å². The lowest BCUT2D eigenvalue weighted by Crippen LogP contribution is -2.40. The molecule has 82 valence electrons. The van der Waals surface area contributed by atoms with Crippen LogP contribution in [0, 0.1) is 0 Å². The van der Waals surface area contributed by atoms with E-state index in [1.165, 1.54) is 4.90 Å². The van der Waals surface area contributed by atoms with Gasteiger partial charge < -0.3 is 20.2 Å². The summed E-state index contributed by atoms with van der Waals surface area (Å²) in [6, 6.07) is 0. The maximum absolute atomic E-state index is 11.2. The van der Waals surface area contributed by atoms with E-state index >= 15 is 0 Å². The van der Waals surface area contributed by atoms with Crippen LogP contribution in [-0.2, 0) is 4.79 Å². The number of likely N-dealkylation sites (N-methyl/N-ethyl adjacent to an activating group) is 2. The van der Waals surface area contributed by atoms with Gasteiger partial charge >= 0.3 is 6.09 Å². The fraction of sp³-hybridized carbons (Fsp3) is 0.750. The van der Waals surface area contributed by atoms with Crippen LogP contribution in [0.3, 0.4) is 0 Å². The summed E-state index contributed by atoms with van der Waals surface area (Å²) in [7, 11) is 5.47. The molecular formula is C8H17N3O3. The normalized spacial score (nSPS) is 10.0. The van der Waals surface area contributed by atoms with Crippen molar-refractivity contribution in [2.75, 3.05) is 40.8 Å². The summed E-state index contributed by atoms with van der Waals surface area (Å²) in [4.78, 5) is 24.8. The van der Waals surface area contributed by atoms with Gasteiger partial charge in [-0.2, -0.15) is 0 Å². The second-order valence-corrected chi connectivity index (χ2v) is 3.28. The maximum atomic E-state index is 11.2. The van der Waals surface area contributed by atoms with Gasteiger partial charge in [-0.3, -0.25) is 4.79 Å². The molecule has 0 aromatic rings. The molecule has 0 rings (SSSR count). The molecule has 0 unspecified atom stereocenters. The molecule has 0 fully saturated rings. The fourth-order valence-electron chi connectivity index (χ4n) is 0.761. The van der Waals surface area contributed by atoms with Gasteiger partial charge in [-0.1, -0.05) is 0 Å². The Hall–Kier alpha value is -1.30. The Morgan fingerprint density at radius 2 is 1.79 bits per heavy atom. The minimum atomic E-state index is -1.18. The monoisotopic (exact) mass is 203 g/mol. The van der Waals surface area contributed by atoms with Crippen molar-refractivity contribution in [2.24, 2.45) is 0 Å². The molecule has 0 aliphatic carbocycles. The molecule has 6 nitrogen and oxygen atoms in total. The van der Waals surface area contributed by atoms with E-state index in [-0.39, 0.29) is 12.5 Å². The Balaban J connectivity index is 3.70. The van der Waals surface area contributed by atoms with Gasteiger partial charge in [0.25, 0.3) is 0 Å². The molecule has 2 amide bonds. The van der Waals surface area contributed by atoms with Gasteiger partial charge in [0.1, 0.15) is 6.54 Å². The van der Waals surface area contributed by atoms with Gasteiger partial charge in [0, 0.05) is 20.1 Å². The molecule has 0 radical (unpaired) electrons. The van der Waals surface area contributed by atoms with Gasteiger partial charge in [0.15, 0.2) is 0 Å². The van der Waals surface area contributed by atoms with Crippen molar-refractivity contribution in [2.45, 2.75) is 0 Å². The third-order valence-electron chi connectivity index (χ3n) is 1.70. The SMILES string of the molecule is CN(C)CCN(C)C(=O)CNC(=O)O. The molecule has 0 saturated carbocycles. The highest BCUT2D eigenvalue weighted by molar-refractivity contribution is 5.81. The summed E-state index contributed by atoms with van der Waals surface area (Å²) in [6.45, 7) is 1.18. The lowest BCUT2D eigenvalue weighted by Gasteiger charge is -2.19. The number of hydrogen-bond acceptors (Lipinski definition) is 3. The number of carbonyl (C=O) groups is 2. The molecule has 0 bridgehead atoms. The molecular weight excluding hydrogens is 186 g/mol. The minimum Gasteiger partial charge on any atom is -0.465 e. The zero-order valence-electron chi connectivity index (χ0n) is 8.78. The molecule has 0 aliphatic rings. The first kappa shape index (κ1) is 12.7. The summed E-state index contributed by atoms with van der Waals surface area (Å²) in [5.74, 6) is -0.228. The van der Waals surface area contributed by atoms with Gasteiger partial charge in [0.2, 0.25) is 5.91 Å². The zero-order valence-corrected chi connectivity index (χ0v) is 8.78. The topological polar surface area (TPSA) is 72.9 Å². The number of amides is 2. The van der Waals surface area contributed by atoms with Crippen LogP contribution in [0.25, 0.3) is 0 Å². The molecule has 0 aromatic heterocycles. The largest absolute Gasteiger partial charge is 0.465 e. The fourth-order valence-corrected chi connectivity index (χ4v) is 0.761. The van der Waals surface area contributed by atoms with Crippen LogP contribution in [0.15, 0.2) is 0 Å². The molecule has 0 aromatic carbocycles. The third-order valence-corrected chi connectivity index (χ3v) is 1.70. The van der Waals surface area contributed by atoms with E-state index in [2.05, 4.69) is 0 Å². The predicted molar refractivity (Wildman–Crippen MR) is 52.2 cm³/mol. The molecule has 0 aliphatic heterocycles. The minimum absolute atomic E-state index is 0.167. The third kappa shape index (κ3) is 6.24. The second-order valence-electron chi connectivity index (χ2n) is 3.28. The average Bonchev–Trinajstić information content (AvgIpc) is 2.09. The highest BCUT2D eigenvalue weighted by Gasteiger charge is 2.09. The molecule has 6 heteroatoms. The summed E-state index contributed by atoms with van der Waals surface area (Å²) in [6.07, 6.45) is -1.18. The van der Waals surface area contributed by atoms with E-state index in [1.54, 1.807) is 7.05 Å². The predicted octanol–water partition coefficient (Wildman–Crippen LogP) is -0.726. The van der Waals surface area contributed by atoms with Crippen LogP contribution in [0.5, 0.6) is 0 Å². The van der Waals surface area contributed by atoms with Crippen LogP contribution in [0.4, 0.5) is 4.79 Å². The van der Waals surface area contributed by atoms with E-state index in [9.17, 15) is 9.59 Å². The second kappa shape index (κ2) is 6.20. The van der Waals surface area contributed by atoms with E-state index in [1.807, 2.05) is 24.3 Å². The van der Waals surface area contributed by atoms with E-state index in [0.717, 1.165) is 6.54 Å². The Labute approximate surface area is 83.5 Å². The average molecular weight is 203 g/mol. The Bertz CT molecular complexity index is 206. The van der Waals surface area contributed by atoms with Crippen molar-refractivity contribution in [3.8, 4) is 0 Å². The first-order valence-corrected chi connectivity index (χ1v) is 4.29. The highest BCUT2D eigenvalue weighted by Crippen LogP contribution is 1.85.